The molecule has 31 heavy (non-hydrogen) atoms. The summed E-state index contributed by atoms with van der Waals surface area (Å²) in [5.41, 5.74) is 2.12. The molecule has 1 unspecified atom stereocenters. The minimum Gasteiger partial charge on any atom is -0.327 e. The Bertz CT molecular complexity index is 1210. The largest absolute Gasteiger partial charge is 0.327 e. The van der Waals surface area contributed by atoms with Crippen LogP contribution in [0.4, 0.5) is 4.79 Å². The Kier molecular flexibility index (Phi) is 5.12. The van der Waals surface area contributed by atoms with Gasteiger partial charge in [0, 0.05) is 20.0 Å². The van der Waals surface area contributed by atoms with Gasteiger partial charge in [0.25, 0.3) is 0 Å². The number of carbonyl (C=O) groups excluding carboxylic acids is 1. The van der Waals surface area contributed by atoms with Crippen molar-refractivity contribution in [1.29, 1.82) is 0 Å². The van der Waals surface area contributed by atoms with E-state index in [0.717, 1.165) is 52.9 Å². The Morgan fingerprint density at radius 3 is 2.68 bits per heavy atom. The molecular weight excluding hydrogens is 386 g/mol. The molecule has 0 spiro atoms. The van der Waals surface area contributed by atoms with Gasteiger partial charge in [-0.1, -0.05) is 72.8 Å². The number of aryl methyl sites for hydroxylation is 1. The van der Waals surface area contributed by atoms with Crippen molar-refractivity contribution in [2.45, 2.75) is 32.0 Å². The summed E-state index contributed by atoms with van der Waals surface area (Å²) >= 11 is 0. The molecule has 0 fully saturated rings. The molecule has 0 saturated carbocycles. The summed E-state index contributed by atoms with van der Waals surface area (Å²) in [6.45, 7) is 1.35. The van der Waals surface area contributed by atoms with Gasteiger partial charge in [-0.15, -0.1) is 10.2 Å². The first-order chi connectivity index (χ1) is 15.2. The van der Waals surface area contributed by atoms with Crippen molar-refractivity contribution in [2.24, 2.45) is 0 Å². The molecule has 6 nitrogen and oxygen atoms in total. The first kappa shape index (κ1) is 19.3. The topological polar surface area (TPSA) is 63.1 Å². The van der Waals surface area contributed by atoms with Gasteiger partial charge >= 0.3 is 6.03 Å². The molecule has 3 aromatic carbocycles. The van der Waals surface area contributed by atoms with Crippen molar-refractivity contribution in [3.8, 4) is 0 Å². The molecular formula is C25H25N5O. The Labute approximate surface area is 181 Å². The zero-order valence-corrected chi connectivity index (χ0v) is 17.5. The minimum absolute atomic E-state index is 0.142. The number of rotatable bonds is 5. The molecule has 0 bridgehead atoms. The number of urea groups is 1. The molecule has 0 radical (unpaired) electrons. The summed E-state index contributed by atoms with van der Waals surface area (Å²) in [4.78, 5) is 14.9. The second-order valence-electron chi connectivity index (χ2n) is 8.01. The molecule has 1 atom stereocenters. The van der Waals surface area contributed by atoms with Gasteiger partial charge in [0.05, 0.1) is 12.6 Å². The predicted molar refractivity (Wildman–Crippen MR) is 121 cm³/mol. The lowest BCUT2D eigenvalue weighted by molar-refractivity contribution is 0.202. The number of benzene rings is 3. The number of carbonyl (C=O) groups is 1. The highest BCUT2D eigenvalue weighted by Crippen LogP contribution is 2.29. The van der Waals surface area contributed by atoms with Crippen LogP contribution in [0, 0.1) is 0 Å². The number of aromatic nitrogens is 3. The van der Waals surface area contributed by atoms with Gasteiger partial charge in [-0.2, -0.15) is 0 Å². The molecule has 1 aliphatic rings. The highest BCUT2D eigenvalue weighted by atomic mass is 16.2. The highest BCUT2D eigenvalue weighted by Gasteiger charge is 2.23. The number of nitrogens with zero attached hydrogens (tertiary/aromatic N) is 4. The van der Waals surface area contributed by atoms with E-state index in [1.807, 2.05) is 36.4 Å². The van der Waals surface area contributed by atoms with Crippen molar-refractivity contribution in [1.82, 2.24) is 25.0 Å². The first-order valence-corrected chi connectivity index (χ1v) is 10.7. The Hall–Kier alpha value is -3.67. The average Bonchev–Trinajstić information content (AvgIpc) is 3.43. The van der Waals surface area contributed by atoms with Crippen LogP contribution in [0.15, 0.2) is 72.8 Å². The van der Waals surface area contributed by atoms with Crippen LogP contribution in [0.3, 0.4) is 0 Å². The number of hydrogen-bond acceptors (Lipinski definition) is 3. The third-order valence-corrected chi connectivity index (χ3v) is 5.95. The standard InChI is InChI=1S/C25H25N5O/c1-29(17-23-28-27-22-15-8-16-30(22)23)25(31)26-24(19-10-3-2-4-11-19)21-14-7-12-18-9-5-6-13-20(18)21/h2-7,9-14,24H,8,15-17H2,1H3,(H,26,31). The van der Waals surface area contributed by atoms with E-state index in [9.17, 15) is 4.79 Å². The van der Waals surface area contributed by atoms with Crippen molar-refractivity contribution in [3.05, 3.63) is 95.6 Å². The van der Waals surface area contributed by atoms with Crippen LogP contribution in [-0.4, -0.2) is 32.7 Å². The van der Waals surface area contributed by atoms with Crippen LogP contribution in [-0.2, 0) is 19.5 Å². The lowest BCUT2D eigenvalue weighted by Gasteiger charge is -2.25. The molecule has 6 heteroatoms. The molecule has 1 aliphatic heterocycles. The maximum Gasteiger partial charge on any atom is 0.318 e. The van der Waals surface area contributed by atoms with Gasteiger partial charge in [0.15, 0.2) is 5.82 Å². The van der Waals surface area contributed by atoms with E-state index in [0.29, 0.717) is 6.54 Å². The summed E-state index contributed by atoms with van der Waals surface area (Å²) in [6, 6.07) is 24.2. The number of amides is 2. The average molecular weight is 412 g/mol. The predicted octanol–water partition coefficient (Wildman–Crippen LogP) is 4.31. The van der Waals surface area contributed by atoms with Crippen LogP contribution in [0.2, 0.25) is 0 Å². The maximum absolute atomic E-state index is 13.2. The van der Waals surface area contributed by atoms with E-state index in [-0.39, 0.29) is 12.1 Å². The number of nitrogens with one attached hydrogen (secondary N) is 1. The van der Waals surface area contributed by atoms with Crippen LogP contribution in [0.5, 0.6) is 0 Å². The van der Waals surface area contributed by atoms with E-state index < -0.39 is 0 Å². The van der Waals surface area contributed by atoms with Crippen molar-refractivity contribution >= 4 is 16.8 Å². The summed E-state index contributed by atoms with van der Waals surface area (Å²) in [5.74, 6) is 1.85. The van der Waals surface area contributed by atoms with Crippen LogP contribution in [0.1, 0.15) is 35.2 Å². The fraction of sp³-hybridized carbons (Fsp3) is 0.240. The molecule has 2 amide bonds. The van der Waals surface area contributed by atoms with E-state index in [1.165, 1.54) is 0 Å². The molecule has 2 heterocycles. The van der Waals surface area contributed by atoms with E-state index in [1.54, 1.807) is 11.9 Å². The SMILES string of the molecule is CN(Cc1nnc2n1CCC2)C(=O)NC(c1ccccc1)c1cccc2ccccc12. The van der Waals surface area contributed by atoms with Gasteiger partial charge < -0.3 is 14.8 Å². The van der Waals surface area contributed by atoms with Gasteiger partial charge in [0.1, 0.15) is 5.82 Å². The number of hydrogen-bond donors (Lipinski definition) is 1. The Balaban J connectivity index is 1.44. The fourth-order valence-electron chi connectivity index (χ4n) is 4.33. The second kappa shape index (κ2) is 8.22. The van der Waals surface area contributed by atoms with Crippen molar-refractivity contribution in [3.63, 3.8) is 0 Å². The second-order valence-corrected chi connectivity index (χ2v) is 8.01. The van der Waals surface area contributed by atoms with E-state index >= 15 is 0 Å². The molecule has 0 saturated heterocycles. The van der Waals surface area contributed by atoms with Gasteiger partial charge in [-0.05, 0) is 28.3 Å². The summed E-state index contributed by atoms with van der Waals surface area (Å²) in [7, 11) is 1.80. The number of fused-ring (bicyclic) bond motifs is 2. The zero-order chi connectivity index (χ0) is 21.2. The quantitative estimate of drug-likeness (QED) is 0.532. The Morgan fingerprint density at radius 2 is 1.81 bits per heavy atom. The van der Waals surface area contributed by atoms with Crippen molar-refractivity contribution < 1.29 is 4.79 Å². The van der Waals surface area contributed by atoms with Crippen LogP contribution >= 0.6 is 0 Å². The molecule has 1 N–H and O–H groups in total. The highest BCUT2D eigenvalue weighted by molar-refractivity contribution is 5.87. The third kappa shape index (κ3) is 3.77. The summed E-state index contributed by atoms with van der Waals surface area (Å²) in [5, 5.41) is 14.1. The van der Waals surface area contributed by atoms with E-state index in [2.05, 4.69) is 56.5 Å². The molecule has 1 aromatic heterocycles. The fourth-order valence-corrected chi connectivity index (χ4v) is 4.33. The van der Waals surface area contributed by atoms with Crippen LogP contribution < -0.4 is 5.32 Å². The minimum atomic E-state index is -0.258. The first-order valence-electron chi connectivity index (χ1n) is 10.7. The maximum atomic E-state index is 13.2. The normalized spacial score (nSPS) is 13.7. The molecule has 5 rings (SSSR count). The zero-order valence-electron chi connectivity index (χ0n) is 17.5. The van der Waals surface area contributed by atoms with Crippen molar-refractivity contribution in [2.75, 3.05) is 7.05 Å². The smallest absolute Gasteiger partial charge is 0.318 e. The van der Waals surface area contributed by atoms with E-state index in [4.69, 9.17) is 0 Å². The lowest BCUT2D eigenvalue weighted by atomic mass is 9.94. The molecule has 156 valence electrons. The monoisotopic (exact) mass is 411 g/mol. The molecule has 4 aromatic rings. The van der Waals surface area contributed by atoms with Crippen LogP contribution in [0.25, 0.3) is 10.8 Å². The lowest BCUT2D eigenvalue weighted by Crippen LogP contribution is -2.40. The third-order valence-electron chi connectivity index (χ3n) is 5.95. The Morgan fingerprint density at radius 1 is 1.03 bits per heavy atom. The molecule has 0 aliphatic carbocycles. The summed E-state index contributed by atoms with van der Waals surface area (Å²) in [6.07, 6.45) is 2.05. The summed E-state index contributed by atoms with van der Waals surface area (Å²) < 4.78 is 2.13. The van der Waals surface area contributed by atoms with Gasteiger partial charge in [-0.3, -0.25) is 0 Å². The van der Waals surface area contributed by atoms with Gasteiger partial charge in [0.2, 0.25) is 0 Å². The van der Waals surface area contributed by atoms with Gasteiger partial charge in [-0.25, -0.2) is 4.79 Å².